The Kier molecular flexibility index (Phi) is 8.49. The first kappa shape index (κ1) is 20.2. The topological polar surface area (TPSA) is 110 Å². The number of nitrogens with zero attached hydrogens (tertiary/aromatic N) is 1. The summed E-state index contributed by atoms with van der Waals surface area (Å²) in [6, 6.07) is 6.27. The summed E-state index contributed by atoms with van der Waals surface area (Å²) in [6.45, 7) is 0.413. The Hall–Kier alpha value is -1.86. The second-order valence-electron chi connectivity index (χ2n) is 5.94. The lowest BCUT2D eigenvalue weighted by atomic mass is 9.84. The number of halogens is 1. The van der Waals surface area contributed by atoms with Gasteiger partial charge in [-0.1, -0.05) is 31.4 Å². The van der Waals surface area contributed by atoms with Gasteiger partial charge in [0, 0.05) is 18.7 Å². The van der Waals surface area contributed by atoms with Gasteiger partial charge in [-0.25, -0.2) is 0 Å². The Morgan fingerprint density at radius 3 is 2.58 bits per heavy atom. The number of hydrogen-bond donors (Lipinski definition) is 3. The molecular formula is C16H25ClN4O3. The van der Waals surface area contributed by atoms with Gasteiger partial charge >= 0.3 is 0 Å². The average Bonchev–Trinajstić information content (AvgIpc) is 2.58. The molecule has 1 aromatic carbocycles. The summed E-state index contributed by atoms with van der Waals surface area (Å²) in [5.41, 5.74) is 6.10. The molecular weight excluding hydrogens is 332 g/mol. The number of anilines is 1. The quantitative estimate of drug-likeness (QED) is 0.513. The number of carbonyl (C=O) groups excluding carboxylic acids is 1. The fourth-order valence-corrected chi connectivity index (χ4v) is 3.12. The van der Waals surface area contributed by atoms with Crippen molar-refractivity contribution in [3.8, 4) is 0 Å². The van der Waals surface area contributed by atoms with Gasteiger partial charge in [0.1, 0.15) is 5.69 Å². The van der Waals surface area contributed by atoms with E-state index in [0.717, 1.165) is 12.8 Å². The first-order valence-electron chi connectivity index (χ1n) is 8.08. The van der Waals surface area contributed by atoms with Gasteiger partial charge in [0.15, 0.2) is 0 Å². The van der Waals surface area contributed by atoms with Crippen LogP contribution >= 0.6 is 12.4 Å². The molecule has 1 aliphatic carbocycles. The zero-order chi connectivity index (χ0) is 16.7. The monoisotopic (exact) mass is 356 g/mol. The minimum atomic E-state index is -0.467. The van der Waals surface area contributed by atoms with Gasteiger partial charge in [0.25, 0.3) is 5.69 Å². The van der Waals surface area contributed by atoms with Gasteiger partial charge in [-0.2, -0.15) is 0 Å². The van der Waals surface area contributed by atoms with Gasteiger partial charge in [-0.05, 0) is 24.8 Å². The predicted octanol–water partition coefficient (Wildman–Crippen LogP) is 2.45. The summed E-state index contributed by atoms with van der Waals surface area (Å²) in [5.74, 6) is 0.243. The van der Waals surface area contributed by atoms with Crippen LogP contribution in [0.15, 0.2) is 24.3 Å². The third-order valence-electron chi connectivity index (χ3n) is 4.36. The number of para-hydroxylation sites is 2. The van der Waals surface area contributed by atoms with Gasteiger partial charge in [-0.3, -0.25) is 14.9 Å². The smallest absolute Gasteiger partial charge is 0.292 e. The zero-order valence-corrected chi connectivity index (χ0v) is 14.4. The Morgan fingerprint density at radius 2 is 1.96 bits per heavy atom. The summed E-state index contributed by atoms with van der Waals surface area (Å²) in [4.78, 5) is 22.6. The van der Waals surface area contributed by atoms with Crippen LogP contribution in [0.25, 0.3) is 0 Å². The maximum atomic E-state index is 12.1. The van der Waals surface area contributed by atoms with E-state index in [-0.39, 0.29) is 36.6 Å². The molecule has 2 rings (SSSR count). The molecule has 1 saturated carbocycles. The van der Waals surface area contributed by atoms with Crippen LogP contribution in [0, 0.1) is 16.0 Å². The Morgan fingerprint density at radius 1 is 1.29 bits per heavy atom. The highest BCUT2D eigenvalue weighted by atomic mass is 35.5. The van der Waals surface area contributed by atoms with E-state index in [1.165, 1.54) is 25.3 Å². The molecule has 8 heteroatoms. The number of carbonyl (C=O) groups is 1. The third kappa shape index (κ3) is 5.65. The Bertz CT molecular complexity index is 550. The standard InChI is InChI=1S/C16H24N4O3.ClH/c17-10-14(12-6-2-1-3-7-12)19-16(21)11-18-13-8-4-5-9-15(13)20(22)23;/h4-5,8-9,12,14,18H,1-3,6-7,10-11,17H2,(H,19,21);1H. The molecule has 1 aromatic rings. The Balaban J connectivity index is 0.00000288. The molecule has 1 atom stereocenters. The van der Waals surface area contributed by atoms with E-state index in [1.807, 2.05) is 0 Å². The van der Waals surface area contributed by atoms with Crippen LogP contribution in [0.3, 0.4) is 0 Å². The fourth-order valence-electron chi connectivity index (χ4n) is 3.12. The van der Waals surface area contributed by atoms with Crippen LogP contribution in [-0.4, -0.2) is 30.0 Å². The van der Waals surface area contributed by atoms with Crippen LogP contribution in [0.4, 0.5) is 11.4 Å². The predicted molar refractivity (Wildman–Crippen MR) is 96.4 cm³/mol. The van der Waals surface area contributed by atoms with E-state index in [0.29, 0.717) is 18.2 Å². The van der Waals surface area contributed by atoms with Crippen molar-refractivity contribution in [3.63, 3.8) is 0 Å². The number of nitro groups is 1. The lowest BCUT2D eigenvalue weighted by Gasteiger charge is -2.30. The van der Waals surface area contributed by atoms with Crippen molar-refractivity contribution in [2.24, 2.45) is 11.7 Å². The highest BCUT2D eigenvalue weighted by Crippen LogP contribution is 2.26. The maximum Gasteiger partial charge on any atom is 0.292 e. The highest BCUT2D eigenvalue weighted by molar-refractivity contribution is 5.85. The third-order valence-corrected chi connectivity index (χ3v) is 4.36. The zero-order valence-electron chi connectivity index (χ0n) is 13.6. The van der Waals surface area contributed by atoms with Crippen LogP contribution in [0.2, 0.25) is 0 Å². The maximum absolute atomic E-state index is 12.1. The van der Waals surface area contributed by atoms with Crippen molar-refractivity contribution in [1.82, 2.24) is 5.32 Å². The number of nitrogens with one attached hydrogen (secondary N) is 2. The van der Waals surface area contributed by atoms with Crippen molar-refractivity contribution in [2.45, 2.75) is 38.1 Å². The number of rotatable bonds is 7. The van der Waals surface area contributed by atoms with Gasteiger partial charge < -0.3 is 16.4 Å². The van der Waals surface area contributed by atoms with E-state index in [4.69, 9.17) is 5.73 Å². The normalized spacial score (nSPS) is 15.9. The molecule has 7 nitrogen and oxygen atoms in total. The summed E-state index contributed by atoms with van der Waals surface area (Å²) >= 11 is 0. The van der Waals surface area contributed by atoms with Gasteiger partial charge in [0.05, 0.1) is 11.5 Å². The molecule has 0 spiro atoms. The number of nitro benzene ring substituents is 1. The van der Waals surface area contributed by atoms with E-state index in [1.54, 1.807) is 18.2 Å². The highest BCUT2D eigenvalue weighted by Gasteiger charge is 2.24. The molecule has 1 unspecified atom stereocenters. The molecule has 0 aromatic heterocycles. The molecule has 1 amide bonds. The largest absolute Gasteiger partial charge is 0.371 e. The molecule has 1 aliphatic rings. The lowest BCUT2D eigenvalue weighted by molar-refractivity contribution is -0.383. The first-order valence-corrected chi connectivity index (χ1v) is 8.08. The first-order chi connectivity index (χ1) is 11.1. The molecule has 0 heterocycles. The van der Waals surface area contributed by atoms with Crippen LogP contribution in [-0.2, 0) is 4.79 Å². The summed E-state index contributed by atoms with van der Waals surface area (Å²) in [7, 11) is 0. The SMILES string of the molecule is Cl.NCC(NC(=O)CNc1ccccc1[N+](=O)[O-])C1CCCCC1. The van der Waals surface area contributed by atoms with Crippen LogP contribution in [0.1, 0.15) is 32.1 Å². The molecule has 4 N–H and O–H groups in total. The molecule has 0 bridgehead atoms. The average molecular weight is 357 g/mol. The van der Waals surface area contributed by atoms with E-state index < -0.39 is 4.92 Å². The molecule has 0 radical (unpaired) electrons. The number of hydrogen-bond acceptors (Lipinski definition) is 5. The Labute approximate surface area is 147 Å². The van der Waals surface area contributed by atoms with Crippen LogP contribution in [0.5, 0.6) is 0 Å². The van der Waals surface area contributed by atoms with Crippen molar-refractivity contribution in [3.05, 3.63) is 34.4 Å². The van der Waals surface area contributed by atoms with E-state index in [9.17, 15) is 14.9 Å². The number of benzene rings is 1. The van der Waals surface area contributed by atoms with Crippen molar-refractivity contribution in [1.29, 1.82) is 0 Å². The van der Waals surface area contributed by atoms with Crippen LogP contribution < -0.4 is 16.4 Å². The van der Waals surface area contributed by atoms with E-state index >= 15 is 0 Å². The minimum absolute atomic E-state index is 0. The van der Waals surface area contributed by atoms with E-state index in [2.05, 4.69) is 10.6 Å². The molecule has 1 fully saturated rings. The second-order valence-corrected chi connectivity index (χ2v) is 5.94. The second kappa shape index (κ2) is 10.1. The van der Waals surface area contributed by atoms with Crippen molar-refractivity contribution in [2.75, 3.05) is 18.4 Å². The van der Waals surface area contributed by atoms with Gasteiger partial charge in [-0.15, -0.1) is 12.4 Å². The summed E-state index contributed by atoms with van der Waals surface area (Å²) < 4.78 is 0. The number of amides is 1. The molecule has 24 heavy (non-hydrogen) atoms. The van der Waals surface area contributed by atoms with Crippen molar-refractivity contribution >= 4 is 29.7 Å². The molecule has 0 aliphatic heterocycles. The van der Waals surface area contributed by atoms with Crippen molar-refractivity contribution < 1.29 is 9.72 Å². The lowest BCUT2D eigenvalue weighted by Crippen LogP contribution is -2.47. The molecule has 0 saturated heterocycles. The molecule has 134 valence electrons. The van der Waals surface area contributed by atoms with Gasteiger partial charge in [0.2, 0.25) is 5.91 Å². The minimum Gasteiger partial charge on any atom is -0.371 e. The summed E-state index contributed by atoms with van der Waals surface area (Å²) in [6.07, 6.45) is 5.82. The summed E-state index contributed by atoms with van der Waals surface area (Å²) in [5, 5.41) is 16.7. The number of nitrogens with two attached hydrogens (primary N) is 1. The fraction of sp³-hybridized carbons (Fsp3) is 0.562.